The van der Waals surface area contributed by atoms with Crippen LogP contribution >= 0.6 is 0 Å². The molecule has 0 radical (unpaired) electrons. The van der Waals surface area contributed by atoms with Gasteiger partial charge in [-0.3, -0.25) is 19.2 Å². The van der Waals surface area contributed by atoms with Crippen molar-refractivity contribution in [3.63, 3.8) is 0 Å². The van der Waals surface area contributed by atoms with Crippen LogP contribution in [0.1, 0.15) is 25.7 Å². The van der Waals surface area contributed by atoms with Gasteiger partial charge >= 0.3 is 124 Å². The SMILES string of the molecule is O=C(O)CC(CC(=O)O)(OOC(CC(=O)O)(CC(=O)O)C(=O)O)C(=O)O.[NaH].[NaH].[NaH]. The molecular formula is C12H17Na3O14. The van der Waals surface area contributed by atoms with Crippen molar-refractivity contribution in [2.75, 3.05) is 0 Å². The zero-order valence-electron chi connectivity index (χ0n) is 12.8. The Hall–Kier alpha value is -0.260. The fourth-order valence-electron chi connectivity index (χ4n) is 1.75. The van der Waals surface area contributed by atoms with Crippen molar-refractivity contribution in [2.45, 2.75) is 36.9 Å². The first-order valence-corrected chi connectivity index (χ1v) is 6.47. The summed E-state index contributed by atoms with van der Waals surface area (Å²) in [5.41, 5.74) is -6.29. The average molecular weight is 454 g/mol. The van der Waals surface area contributed by atoms with Gasteiger partial charge in [0.1, 0.15) is 0 Å². The predicted molar refractivity (Wildman–Crippen MR) is 93.4 cm³/mol. The summed E-state index contributed by atoms with van der Waals surface area (Å²) in [7, 11) is 0. The van der Waals surface area contributed by atoms with E-state index in [4.69, 9.17) is 30.6 Å². The number of rotatable bonds is 13. The maximum atomic E-state index is 11.3. The summed E-state index contributed by atoms with van der Waals surface area (Å²) in [6.45, 7) is 0. The molecule has 152 valence electrons. The van der Waals surface area contributed by atoms with Crippen LogP contribution in [0.25, 0.3) is 0 Å². The standard InChI is InChI=1S/C12H14O14.3Na.3H/c13-5(14)1-11(9(21)22,2-6(15)16)25-26-12(10(23)24,3-7(17)18)4-8(19)20;;;;;;/h1-4H2,(H,13,14)(H,15,16)(H,17,18)(H,19,20)(H,21,22)(H,23,24);;;;;;. The molecule has 0 atom stereocenters. The summed E-state index contributed by atoms with van der Waals surface area (Å²) >= 11 is 0. The van der Waals surface area contributed by atoms with E-state index < -0.39 is 72.7 Å². The minimum absolute atomic E-state index is 0. The Morgan fingerprint density at radius 1 is 0.483 bits per heavy atom. The number of carbonyl (C=O) groups is 6. The summed E-state index contributed by atoms with van der Waals surface area (Å²) in [5, 5.41) is 53.2. The van der Waals surface area contributed by atoms with Gasteiger partial charge < -0.3 is 30.6 Å². The molecule has 0 aliphatic heterocycles. The summed E-state index contributed by atoms with van der Waals surface area (Å²) in [6.07, 6.45) is -6.04. The van der Waals surface area contributed by atoms with Crippen LogP contribution in [0.15, 0.2) is 0 Å². The van der Waals surface area contributed by atoms with E-state index in [0.717, 1.165) is 0 Å². The van der Waals surface area contributed by atoms with Crippen LogP contribution in [0, 0.1) is 0 Å². The fraction of sp³-hybridized carbons (Fsp3) is 0.500. The first-order valence-electron chi connectivity index (χ1n) is 6.47. The van der Waals surface area contributed by atoms with E-state index in [-0.39, 0.29) is 88.7 Å². The van der Waals surface area contributed by atoms with Gasteiger partial charge in [-0.2, -0.15) is 0 Å². The van der Waals surface area contributed by atoms with Crippen molar-refractivity contribution >= 4 is 124 Å². The Balaban J connectivity index is -0.00000104. The van der Waals surface area contributed by atoms with Crippen molar-refractivity contribution in [1.82, 2.24) is 0 Å². The van der Waals surface area contributed by atoms with Gasteiger partial charge in [0.15, 0.2) is 0 Å². The van der Waals surface area contributed by atoms with Gasteiger partial charge in [0.05, 0.1) is 25.7 Å². The van der Waals surface area contributed by atoms with E-state index in [1.807, 2.05) is 0 Å². The molecule has 29 heavy (non-hydrogen) atoms. The van der Waals surface area contributed by atoms with Crippen molar-refractivity contribution in [3.8, 4) is 0 Å². The molecule has 0 saturated carbocycles. The Labute approximate surface area is 228 Å². The molecule has 0 heterocycles. The molecule has 0 aromatic heterocycles. The Morgan fingerprint density at radius 2 is 0.655 bits per heavy atom. The summed E-state index contributed by atoms with van der Waals surface area (Å²) in [5.74, 6) is -11.8. The first-order chi connectivity index (χ1) is 11.8. The van der Waals surface area contributed by atoms with Gasteiger partial charge in [0.25, 0.3) is 0 Å². The number of hydrogen-bond acceptors (Lipinski definition) is 8. The maximum absolute atomic E-state index is 11.3. The average Bonchev–Trinajstić information content (AvgIpc) is 2.41. The fourth-order valence-corrected chi connectivity index (χ4v) is 1.75. The molecule has 0 rings (SSSR count). The van der Waals surface area contributed by atoms with Crippen LogP contribution in [-0.2, 0) is 38.5 Å². The molecule has 17 heteroatoms. The van der Waals surface area contributed by atoms with Gasteiger partial charge in [-0.1, -0.05) is 0 Å². The zero-order valence-corrected chi connectivity index (χ0v) is 12.8. The van der Waals surface area contributed by atoms with Gasteiger partial charge in [-0.05, 0) is 0 Å². The molecule has 0 aromatic rings. The van der Waals surface area contributed by atoms with Crippen LogP contribution < -0.4 is 0 Å². The molecule has 0 aliphatic rings. The molecule has 0 amide bonds. The second-order valence-corrected chi connectivity index (χ2v) is 5.05. The van der Waals surface area contributed by atoms with Crippen molar-refractivity contribution in [1.29, 1.82) is 0 Å². The Bertz CT molecular complexity index is 547. The van der Waals surface area contributed by atoms with Crippen LogP contribution in [0.2, 0.25) is 0 Å². The number of carboxylic acids is 6. The van der Waals surface area contributed by atoms with Crippen LogP contribution in [0.5, 0.6) is 0 Å². The van der Waals surface area contributed by atoms with E-state index in [2.05, 4.69) is 9.78 Å². The molecule has 6 N–H and O–H groups in total. The van der Waals surface area contributed by atoms with Crippen LogP contribution in [0.3, 0.4) is 0 Å². The summed E-state index contributed by atoms with van der Waals surface area (Å²) < 4.78 is 0. The Morgan fingerprint density at radius 3 is 0.759 bits per heavy atom. The molecule has 0 aromatic carbocycles. The molecule has 0 unspecified atom stereocenters. The number of carboxylic acid groups (broad SMARTS) is 6. The number of hydrogen-bond donors (Lipinski definition) is 6. The molecule has 0 saturated heterocycles. The minimum atomic E-state index is -3.14. The monoisotopic (exact) mass is 454 g/mol. The summed E-state index contributed by atoms with van der Waals surface area (Å²) in [6, 6.07) is 0. The van der Waals surface area contributed by atoms with Crippen molar-refractivity contribution < 1.29 is 69.2 Å². The van der Waals surface area contributed by atoms with Crippen LogP contribution in [0.4, 0.5) is 0 Å². The van der Waals surface area contributed by atoms with E-state index in [1.54, 1.807) is 0 Å². The molecule has 0 fully saturated rings. The second kappa shape index (κ2) is 15.5. The molecule has 0 bridgehead atoms. The molecule has 14 nitrogen and oxygen atoms in total. The van der Waals surface area contributed by atoms with E-state index in [0.29, 0.717) is 0 Å². The van der Waals surface area contributed by atoms with Gasteiger partial charge in [0.2, 0.25) is 11.2 Å². The first kappa shape index (κ1) is 36.1. The quantitative estimate of drug-likeness (QED) is 0.0900. The van der Waals surface area contributed by atoms with Gasteiger partial charge in [-0.25, -0.2) is 19.4 Å². The summed E-state index contributed by atoms with van der Waals surface area (Å²) in [4.78, 5) is 74.4. The normalized spacial score (nSPS) is 10.3. The van der Waals surface area contributed by atoms with E-state index >= 15 is 0 Å². The van der Waals surface area contributed by atoms with Crippen LogP contribution in [-0.4, -0.2) is 166 Å². The third kappa shape index (κ3) is 12.2. The Kier molecular flexibility index (Phi) is 19.3. The van der Waals surface area contributed by atoms with Gasteiger partial charge in [0, 0.05) is 0 Å². The molecule has 0 aliphatic carbocycles. The zero-order chi connectivity index (χ0) is 20.7. The second-order valence-electron chi connectivity index (χ2n) is 5.05. The van der Waals surface area contributed by atoms with Crippen molar-refractivity contribution in [3.05, 3.63) is 0 Å². The third-order valence-corrected chi connectivity index (χ3v) is 2.89. The number of aliphatic carboxylic acids is 6. The van der Waals surface area contributed by atoms with E-state index in [9.17, 15) is 28.8 Å². The van der Waals surface area contributed by atoms with Gasteiger partial charge in [-0.15, -0.1) is 0 Å². The topological polar surface area (TPSA) is 242 Å². The molecular weight excluding hydrogens is 437 g/mol. The third-order valence-electron chi connectivity index (χ3n) is 2.89. The molecule has 0 spiro atoms. The van der Waals surface area contributed by atoms with E-state index in [1.165, 1.54) is 0 Å². The predicted octanol–water partition coefficient (Wildman–Crippen LogP) is -3.47. The van der Waals surface area contributed by atoms with Crippen molar-refractivity contribution in [2.24, 2.45) is 0 Å².